The van der Waals surface area contributed by atoms with Crippen LogP contribution in [0.25, 0.3) is 27.1 Å². The normalized spacial score (nSPS) is 14.8. The predicted octanol–water partition coefficient (Wildman–Crippen LogP) is 5.03. The molecule has 9 nitrogen and oxygen atoms in total. The van der Waals surface area contributed by atoms with E-state index in [1.165, 1.54) is 11.3 Å². The number of aromatic nitrogens is 1. The number of alkyl halides is 1. The van der Waals surface area contributed by atoms with Crippen molar-refractivity contribution < 1.29 is 35.2 Å². The molecule has 0 saturated heterocycles. The number of hydrogen-bond donors (Lipinski definition) is 2. The minimum atomic E-state index is -4.11. The van der Waals surface area contributed by atoms with Gasteiger partial charge >= 0.3 is 0 Å². The van der Waals surface area contributed by atoms with E-state index in [1.54, 1.807) is 0 Å². The van der Waals surface area contributed by atoms with E-state index in [0.717, 1.165) is 41.7 Å². The summed E-state index contributed by atoms with van der Waals surface area (Å²) in [5, 5.41) is 2.89. The summed E-state index contributed by atoms with van der Waals surface area (Å²) in [7, 11) is -8.22. The summed E-state index contributed by atoms with van der Waals surface area (Å²) >= 11 is 3.81. The molecule has 4 aromatic rings. The van der Waals surface area contributed by atoms with E-state index < -0.39 is 20.2 Å². The second-order valence-electron chi connectivity index (χ2n) is 9.18. The van der Waals surface area contributed by atoms with Gasteiger partial charge in [-0.15, -0.1) is 0 Å². The molecule has 39 heavy (non-hydrogen) atoms. The summed E-state index contributed by atoms with van der Waals surface area (Å²) in [4.78, 5) is 1.90. The zero-order chi connectivity index (χ0) is 27.8. The van der Waals surface area contributed by atoms with Gasteiger partial charge in [0.15, 0.2) is 12.3 Å². The molecule has 2 heterocycles. The molecule has 206 valence electrons. The van der Waals surface area contributed by atoms with Gasteiger partial charge in [-0.2, -0.15) is 21.4 Å². The molecule has 0 unspecified atom stereocenters. The molecule has 3 aromatic carbocycles. The van der Waals surface area contributed by atoms with E-state index in [-0.39, 0.29) is 24.3 Å². The maximum atomic E-state index is 11.4. The van der Waals surface area contributed by atoms with Gasteiger partial charge in [0.05, 0.1) is 28.7 Å². The van der Waals surface area contributed by atoms with Gasteiger partial charge in [-0.1, -0.05) is 64.3 Å². The Morgan fingerprint density at radius 3 is 2.46 bits per heavy atom. The lowest BCUT2D eigenvalue weighted by molar-refractivity contribution is -0.667. The van der Waals surface area contributed by atoms with Gasteiger partial charge in [0.1, 0.15) is 4.70 Å². The first-order chi connectivity index (χ1) is 18.5. The van der Waals surface area contributed by atoms with E-state index in [2.05, 4.69) is 22.6 Å². The monoisotopic (exact) mass is 701 g/mol. The lowest BCUT2D eigenvalue weighted by Crippen LogP contribution is -2.36. The van der Waals surface area contributed by atoms with Gasteiger partial charge < -0.3 is 9.64 Å². The number of rotatable bonds is 10. The van der Waals surface area contributed by atoms with E-state index in [1.807, 2.05) is 70.1 Å². The minimum Gasteiger partial charge on any atom is -0.438 e. The van der Waals surface area contributed by atoms with Crippen LogP contribution in [-0.4, -0.2) is 44.0 Å². The van der Waals surface area contributed by atoms with E-state index in [4.69, 9.17) is 4.74 Å². The Kier molecular flexibility index (Phi) is 8.18. The Bertz CT molecular complexity index is 1800. The molecule has 0 aliphatic carbocycles. The van der Waals surface area contributed by atoms with Gasteiger partial charge in [0.2, 0.25) is 11.4 Å². The van der Waals surface area contributed by atoms with Crippen molar-refractivity contribution >= 4 is 86.9 Å². The van der Waals surface area contributed by atoms with Crippen LogP contribution < -0.4 is 14.2 Å². The first-order valence-corrected chi connectivity index (χ1v) is 17.7. The molecule has 0 spiro atoms. The SMILES string of the molecule is O=S(=O)(O)CCCN1/C(=C/c2sc3ccc4ccccc4c3[n+]2CCCS(=O)(=O)O)Oc2ccc(CI)cc21. The molecular formula is C26H26IN2O7S3+. The number of ether oxygens (including phenoxy) is 1. The standard InChI is InChI=1S/C26H25IN2O7S3/c27-17-18-7-9-22-21(15-18)28(11-3-13-38(30,31)32)24(36-22)16-25-29(12-4-14-39(33,34)35)26-20-6-2-1-5-19(20)8-10-23(26)37-25/h1-2,5-10,15-16H,3-4,11-14,17H2,(H-,30,31,32,33,34,35)/p+1. The third-order valence-electron chi connectivity index (χ3n) is 6.38. The van der Waals surface area contributed by atoms with Crippen molar-refractivity contribution in [2.75, 3.05) is 23.0 Å². The van der Waals surface area contributed by atoms with Crippen molar-refractivity contribution in [1.82, 2.24) is 0 Å². The van der Waals surface area contributed by atoms with Crippen LogP contribution >= 0.6 is 33.9 Å². The molecule has 0 saturated carbocycles. The highest BCUT2D eigenvalue weighted by Gasteiger charge is 2.30. The van der Waals surface area contributed by atoms with Crippen molar-refractivity contribution in [2.45, 2.75) is 23.8 Å². The van der Waals surface area contributed by atoms with Gasteiger partial charge in [0.25, 0.3) is 25.2 Å². The molecule has 13 heteroatoms. The van der Waals surface area contributed by atoms with Crippen LogP contribution in [0, 0.1) is 0 Å². The zero-order valence-corrected chi connectivity index (χ0v) is 25.3. The van der Waals surface area contributed by atoms with Gasteiger partial charge in [-0.3, -0.25) is 9.11 Å². The first kappa shape index (κ1) is 28.2. The van der Waals surface area contributed by atoms with E-state index in [0.29, 0.717) is 24.7 Å². The molecule has 0 amide bonds. The topological polar surface area (TPSA) is 125 Å². The fourth-order valence-corrected chi connectivity index (χ4v) is 7.28. The van der Waals surface area contributed by atoms with Gasteiger partial charge in [-0.25, -0.2) is 0 Å². The van der Waals surface area contributed by atoms with E-state index >= 15 is 0 Å². The number of anilines is 1. The number of fused-ring (bicyclic) bond motifs is 4. The summed E-state index contributed by atoms with van der Waals surface area (Å²) in [5.41, 5.74) is 2.86. The fourth-order valence-electron chi connectivity index (χ4n) is 4.69. The van der Waals surface area contributed by atoms with Crippen LogP contribution in [0.1, 0.15) is 23.4 Å². The van der Waals surface area contributed by atoms with Crippen molar-refractivity contribution in [3.05, 3.63) is 71.1 Å². The van der Waals surface area contributed by atoms with Crippen LogP contribution in [0.5, 0.6) is 5.75 Å². The van der Waals surface area contributed by atoms with Crippen LogP contribution in [0.2, 0.25) is 0 Å². The molecule has 0 atom stereocenters. The lowest BCUT2D eigenvalue weighted by Gasteiger charge is -2.18. The predicted molar refractivity (Wildman–Crippen MR) is 162 cm³/mol. The summed E-state index contributed by atoms with van der Waals surface area (Å²) in [6, 6.07) is 17.9. The van der Waals surface area contributed by atoms with Crippen molar-refractivity contribution in [3.63, 3.8) is 0 Å². The maximum absolute atomic E-state index is 11.4. The highest BCUT2D eigenvalue weighted by atomic mass is 127. The highest BCUT2D eigenvalue weighted by molar-refractivity contribution is 14.1. The largest absolute Gasteiger partial charge is 0.438 e. The minimum absolute atomic E-state index is 0.193. The van der Waals surface area contributed by atoms with Crippen molar-refractivity contribution in [3.8, 4) is 5.75 Å². The summed E-state index contributed by atoms with van der Waals surface area (Å²) in [5.74, 6) is 0.417. The Hall–Kier alpha value is -2.30. The Balaban J connectivity index is 1.60. The van der Waals surface area contributed by atoms with Crippen LogP contribution in [0.3, 0.4) is 0 Å². The smallest absolute Gasteiger partial charge is 0.268 e. The lowest BCUT2D eigenvalue weighted by atomic mass is 10.1. The van der Waals surface area contributed by atoms with E-state index in [9.17, 15) is 25.9 Å². The second kappa shape index (κ2) is 11.3. The van der Waals surface area contributed by atoms with Gasteiger partial charge in [0, 0.05) is 17.4 Å². The van der Waals surface area contributed by atoms with Crippen molar-refractivity contribution in [1.29, 1.82) is 0 Å². The number of halogens is 1. The molecule has 1 aliphatic rings. The summed E-state index contributed by atoms with van der Waals surface area (Å²) in [6.07, 6.45) is 2.29. The maximum Gasteiger partial charge on any atom is 0.268 e. The summed E-state index contributed by atoms with van der Waals surface area (Å²) in [6.45, 7) is 0.654. The molecule has 2 N–H and O–H groups in total. The number of benzene rings is 3. The third kappa shape index (κ3) is 6.55. The average molecular weight is 702 g/mol. The quantitative estimate of drug-likeness (QED) is 0.102. The molecular weight excluding hydrogens is 675 g/mol. The molecule has 1 aliphatic heterocycles. The molecule has 5 rings (SSSR count). The second-order valence-corrected chi connectivity index (χ2v) is 14.1. The molecule has 0 radical (unpaired) electrons. The molecule has 1 aromatic heterocycles. The highest BCUT2D eigenvalue weighted by Crippen LogP contribution is 2.41. The Labute approximate surface area is 244 Å². The van der Waals surface area contributed by atoms with Gasteiger partial charge in [-0.05, 0) is 41.6 Å². The average Bonchev–Trinajstić information content (AvgIpc) is 3.40. The van der Waals surface area contributed by atoms with Crippen LogP contribution in [0.4, 0.5) is 5.69 Å². The Morgan fingerprint density at radius 2 is 1.72 bits per heavy atom. The fraction of sp³-hybridized carbons (Fsp3) is 0.269. The molecule has 0 fully saturated rings. The van der Waals surface area contributed by atoms with Crippen LogP contribution in [0.15, 0.2) is 60.5 Å². The number of hydrogen-bond acceptors (Lipinski definition) is 7. The van der Waals surface area contributed by atoms with Crippen molar-refractivity contribution in [2.24, 2.45) is 0 Å². The Morgan fingerprint density at radius 1 is 0.974 bits per heavy atom. The third-order valence-corrected chi connectivity index (χ3v) is 9.96. The molecule has 0 bridgehead atoms. The zero-order valence-electron chi connectivity index (χ0n) is 20.7. The summed E-state index contributed by atoms with van der Waals surface area (Å²) < 4.78 is 74.3. The first-order valence-electron chi connectivity index (χ1n) is 12.1. The number of nitrogens with zero attached hydrogens (tertiary/aromatic N) is 2. The van der Waals surface area contributed by atoms with Crippen LogP contribution in [-0.2, 0) is 31.2 Å². The number of thiazole rings is 1. The number of aryl methyl sites for hydroxylation is 1.